The van der Waals surface area contributed by atoms with Crippen LogP contribution in [-0.2, 0) is 0 Å². The normalized spacial score (nSPS) is 10.1. The molecule has 0 radical (unpaired) electrons. The first kappa shape index (κ1) is 15.8. The van der Waals surface area contributed by atoms with E-state index in [1.165, 1.54) is 6.42 Å². The van der Waals surface area contributed by atoms with Crippen LogP contribution in [-0.4, -0.2) is 19.3 Å². The highest BCUT2D eigenvalue weighted by molar-refractivity contribution is 5.95. The second-order valence-corrected chi connectivity index (χ2v) is 4.56. The molecule has 0 aliphatic carbocycles. The van der Waals surface area contributed by atoms with Crippen LogP contribution < -0.4 is 21.8 Å². The van der Waals surface area contributed by atoms with Gasteiger partial charge in [-0.15, -0.1) is 0 Å². The third-order valence-corrected chi connectivity index (χ3v) is 2.92. The van der Waals surface area contributed by atoms with Gasteiger partial charge in [0.15, 0.2) is 0 Å². The van der Waals surface area contributed by atoms with Crippen molar-refractivity contribution in [2.24, 2.45) is 5.10 Å². The molecule has 6 heteroatoms. The molecule has 1 rings (SSSR count). The SMILES string of the molecule is C=NN(C(=O)NCCCCCC)c1cc(N)ccc1N. The number of amides is 2. The minimum absolute atomic E-state index is 0.353. The van der Waals surface area contributed by atoms with Gasteiger partial charge in [-0.2, -0.15) is 10.1 Å². The summed E-state index contributed by atoms with van der Waals surface area (Å²) in [5.41, 5.74) is 12.9. The van der Waals surface area contributed by atoms with Crippen LogP contribution in [0.1, 0.15) is 32.6 Å². The Labute approximate surface area is 119 Å². The summed E-state index contributed by atoms with van der Waals surface area (Å²) in [6, 6.07) is 4.55. The molecule has 110 valence electrons. The van der Waals surface area contributed by atoms with E-state index in [4.69, 9.17) is 11.5 Å². The fraction of sp³-hybridized carbons (Fsp3) is 0.429. The highest BCUT2D eigenvalue weighted by Crippen LogP contribution is 2.25. The summed E-state index contributed by atoms with van der Waals surface area (Å²) in [6.07, 6.45) is 4.37. The molecule has 0 atom stereocenters. The summed E-state index contributed by atoms with van der Waals surface area (Å²) in [6.45, 7) is 6.15. The van der Waals surface area contributed by atoms with E-state index in [1.54, 1.807) is 18.2 Å². The highest BCUT2D eigenvalue weighted by atomic mass is 16.2. The number of nitrogens with zero attached hydrogens (tertiary/aromatic N) is 2. The molecule has 0 bridgehead atoms. The number of carbonyl (C=O) groups is 1. The fourth-order valence-corrected chi connectivity index (χ4v) is 1.82. The van der Waals surface area contributed by atoms with Gasteiger partial charge in [0.25, 0.3) is 0 Å². The first-order valence-electron chi connectivity index (χ1n) is 6.79. The van der Waals surface area contributed by atoms with E-state index in [-0.39, 0.29) is 6.03 Å². The van der Waals surface area contributed by atoms with Crippen LogP contribution in [0.15, 0.2) is 23.3 Å². The molecule has 6 nitrogen and oxygen atoms in total. The zero-order valence-electron chi connectivity index (χ0n) is 11.9. The molecule has 0 spiro atoms. The first-order chi connectivity index (χ1) is 9.60. The Kier molecular flexibility index (Phi) is 6.36. The number of urea groups is 1. The first-order valence-corrected chi connectivity index (χ1v) is 6.79. The summed E-state index contributed by atoms with van der Waals surface area (Å²) in [7, 11) is 0. The van der Waals surface area contributed by atoms with Crippen molar-refractivity contribution in [2.45, 2.75) is 32.6 Å². The average Bonchev–Trinajstić information content (AvgIpc) is 2.43. The van der Waals surface area contributed by atoms with Crippen LogP contribution >= 0.6 is 0 Å². The third kappa shape index (κ3) is 4.46. The van der Waals surface area contributed by atoms with Crippen LogP contribution in [0.2, 0.25) is 0 Å². The lowest BCUT2D eigenvalue weighted by atomic mass is 10.2. The molecule has 0 aromatic heterocycles. The molecule has 0 aliphatic heterocycles. The lowest BCUT2D eigenvalue weighted by molar-refractivity contribution is 0.246. The summed E-state index contributed by atoms with van der Waals surface area (Å²) >= 11 is 0. The van der Waals surface area contributed by atoms with Crippen LogP contribution in [0, 0.1) is 0 Å². The summed E-state index contributed by atoms with van der Waals surface area (Å²) in [5, 5.41) is 7.64. The van der Waals surface area contributed by atoms with Crippen LogP contribution in [0.5, 0.6) is 0 Å². The van der Waals surface area contributed by atoms with E-state index in [0.29, 0.717) is 23.6 Å². The Hall–Kier alpha value is -2.24. The van der Waals surface area contributed by atoms with Crippen molar-refractivity contribution in [2.75, 3.05) is 23.0 Å². The van der Waals surface area contributed by atoms with E-state index in [1.807, 2.05) is 0 Å². The molecule has 0 heterocycles. The van der Waals surface area contributed by atoms with E-state index in [9.17, 15) is 4.79 Å². The number of hydrogen-bond donors (Lipinski definition) is 3. The van der Waals surface area contributed by atoms with Gasteiger partial charge < -0.3 is 16.8 Å². The van der Waals surface area contributed by atoms with Crippen molar-refractivity contribution in [3.8, 4) is 0 Å². The maximum Gasteiger partial charge on any atom is 0.342 e. The zero-order valence-corrected chi connectivity index (χ0v) is 11.9. The van der Waals surface area contributed by atoms with Crippen molar-refractivity contribution in [1.29, 1.82) is 0 Å². The molecule has 20 heavy (non-hydrogen) atoms. The van der Waals surface area contributed by atoms with Crippen molar-refractivity contribution >= 4 is 29.8 Å². The predicted octanol–water partition coefficient (Wildman–Crippen LogP) is 2.56. The lowest BCUT2D eigenvalue weighted by Gasteiger charge is -2.19. The van der Waals surface area contributed by atoms with E-state index in [0.717, 1.165) is 24.3 Å². The van der Waals surface area contributed by atoms with Gasteiger partial charge in [-0.3, -0.25) is 0 Å². The topological polar surface area (TPSA) is 96.7 Å². The Morgan fingerprint density at radius 2 is 2.10 bits per heavy atom. The van der Waals surface area contributed by atoms with E-state index >= 15 is 0 Å². The number of nitrogens with two attached hydrogens (primary N) is 2. The summed E-state index contributed by atoms with van der Waals surface area (Å²) in [5.74, 6) is 0. The minimum Gasteiger partial charge on any atom is -0.399 e. The van der Waals surface area contributed by atoms with Gasteiger partial charge in [-0.05, 0) is 24.6 Å². The minimum atomic E-state index is -0.353. The van der Waals surface area contributed by atoms with Gasteiger partial charge in [-0.1, -0.05) is 26.2 Å². The number of nitrogens with one attached hydrogen (secondary N) is 1. The number of hydrazone groups is 1. The van der Waals surface area contributed by atoms with Gasteiger partial charge in [-0.25, -0.2) is 4.79 Å². The molecule has 0 unspecified atom stereocenters. The number of unbranched alkanes of at least 4 members (excludes halogenated alkanes) is 3. The Balaban J connectivity index is 2.63. The molecule has 5 N–H and O–H groups in total. The highest BCUT2D eigenvalue weighted by Gasteiger charge is 2.16. The predicted molar refractivity (Wildman–Crippen MR) is 84.8 cm³/mol. The molecule has 0 aliphatic rings. The maximum atomic E-state index is 12.1. The Bertz CT molecular complexity index is 461. The number of anilines is 3. The summed E-state index contributed by atoms with van der Waals surface area (Å²) < 4.78 is 0. The molecule has 1 aromatic carbocycles. The van der Waals surface area contributed by atoms with E-state index in [2.05, 4.69) is 24.1 Å². The van der Waals surface area contributed by atoms with Crippen molar-refractivity contribution in [3.05, 3.63) is 18.2 Å². The van der Waals surface area contributed by atoms with Crippen molar-refractivity contribution < 1.29 is 4.79 Å². The molecule has 0 fully saturated rings. The third-order valence-electron chi connectivity index (χ3n) is 2.92. The Morgan fingerprint density at radius 3 is 2.75 bits per heavy atom. The zero-order chi connectivity index (χ0) is 15.0. The van der Waals surface area contributed by atoms with E-state index < -0.39 is 0 Å². The van der Waals surface area contributed by atoms with Gasteiger partial charge in [0, 0.05) is 18.9 Å². The smallest absolute Gasteiger partial charge is 0.342 e. The van der Waals surface area contributed by atoms with Gasteiger partial charge in [0.2, 0.25) is 0 Å². The largest absolute Gasteiger partial charge is 0.399 e. The summed E-state index contributed by atoms with van der Waals surface area (Å²) in [4.78, 5) is 12.1. The standard InChI is InChI=1S/C14H23N5O/c1-3-4-5-6-9-18-14(20)19(17-2)13-10-11(15)7-8-12(13)16/h7-8,10H,2-6,9,15-16H2,1H3,(H,18,20). The van der Waals surface area contributed by atoms with Gasteiger partial charge >= 0.3 is 6.03 Å². The Morgan fingerprint density at radius 1 is 1.35 bits per heavy atom. The van der Waals surface area contributed by atoms with Gasteiger partial charge in [0.1, 0.15) is 0 Å². The molecule has 0 saturated heterocycles. The van der Waals surface area contributed by atoms with Crippen molar-refractivity contribution in [1.82, 2.24) is 5.32 Å². The number of hydrogen-bond acceptors (Lipinski definition) is 4. The molecule has 1 aromatic rings. The quantitative estimate of drug-likeness (QED) is 0.309. The number of nitrogen functional groups attached to an aromatic ring is 2. The lowest BCUT2D eigenvalue weighted by Crippen LogP contribution is -2.37. The monoisotopic (exact) mass is 277 g/mol. The molecular weight excluding hydrogens is 254 g/mol. The number of rotatable bonds is 7. The van der Waals surface area contributed by atoms with Crippen LogP contribution in [0.4, 0.5) is 21.9 Å². The molecule has 0 saturated carbocycles. The maximum absolute atomic E-state index is 12.1. The second kappa shape index (κ2) is 8.04. The second-order valence-electron chi connectivity index (χ2n) is 4.56. The van der Waals surface area contributed by atoms with Crippen LogP contribution in [0.3, 0.4) is 0 Å². The molecule has 2 amide bonds. The van der Waals surface area contributed by atoms with Crippen molar-refractivity contribution in [3.63, 3.8) is 0 Å². The van der Waals surface area contributed by atoms with Crippen LogP contribution in [0.25, 0.3) is 0 Å². The fourth-order valence-electron chi connectivity index (χ4n) is 1.82. The average molecular weight is 277 g/mol. The molecular formula is C14H23N5O. The van der Waals surface area contributed by atoms with Gasteiger partial charge in [0.05, 0.1) is 11.4 Å². The number of benzene rings is 1. The number of carbonyl (C=O) groups excluding carboxylic acids is 1.